The highest BCUT2D eigenvalue weighted by Gasteiger charge is 2.60. The Bertz CT molecular complexity index is 2620. The van der Waals surface area contributed by atoms with Crippen LogP contribution >= 0.6 is 0 Å². The van der Waals surface area contributed by atoms with Crippen molar-refractivity contribution in [1.29, 1.82) is 0 Å². The van der Waals surface area contributed by atoms with Crippen molar-refractivity contribution in [3.8, 4) is 0 Å². The number of nitrogens with one attached hydrogen (secondary N) is 2. The minimum Gasteiger partial charge on any atom is -0.463 e. The van der Waals surface area contributed by atoms with Crippen molar-refractivity contribution in [1.82, 2.24) is 10.6 Å². The number of hydrogen-bond acceptors (Lipinski definition) is 36. The van der Waals surface area contributed by atoms with Crippen molar-refractivity contribution in [3.63, 3.8) is 0 Å². The molecular weight excluding hydrogens is 1280 g/mol. The highest BCUT2D eigenvalue weighted by atomic mass is 16.8. The number of carbonyl (C=O) groups excluding carboxylic acids is 16. The Morgan fingerprint density at radius 3 is 0.681 bits per heavy atom. The van der Waals surface area contributed by atoms with Crippen LogP contribution in [-0.2, 0) is 171 Å². The molecular formula is C56H76N2O36. The normalized spacial score (nSPS) is 30.2. The van der Waals surface area contributed by atoms with Gasteiger partial charge in [0.2, 0.25) is 11.8 Å². The summed E-state index contributed by atoms with van der Waals surface area (Å²) >= 11 is 0. The summed E-state index contributed by atoms with van der Waals surface area (Å²) in [6.07, 6.45) is -38.7. The maximum Gasteiger partial charge on any atom is 0.303 e. The number of ether oxygens (including phenoxy) is 20. The summed E-state index contributed by atoms with van der Waals surface area (Å²) in [5.74, 6) is -16.3. The molecule has 4 rings (SSSR count). The lowest BCUT2D eigenvalue weighted by molar-refractivity contribution is -0.345. The smallest absolute Gasteiger partial charge is 0.303 e. The van der Waals surface area contributed by atoms with E-state index in [9.17, 15) is 76.7 Å². The molecule has 0 saturated carbocycles. The molecule has 4 saturated heterocycles. The fourth-order valence-corrected chi connectivity index (χ4v) is 9.95. The molecule has 526 valence electrons. The highest BCUT2D eigenvalue weighted by Crippen LogP contribution is 2.38. The van der Waals surface area contributed by atoms with Gasteiger partial charge in [-0.25, -0.2) is 0 Å². The quantitative estimate of drug-likeness (QED) is 0.0621. The van der Waals surface area contributed by atoms with Crippen LogP contribution in [0.4, 0.5) is 0 Å². The van der Waals surface area contributed by atoms with E-state index in [-0.39, 0.29) is 0 Å². The molecule has 0 spiro atoms. The molecule has 0 aromatic heterocycles. The third-order valence-electron chi connectivity index (χ3n) is 13.0. The zero-order chi connectivity index (χ0) is 70.6. The van der Waals surface area contributed by atoms with Gasteiger partial charge >= 0.3 is 83.6 Å². The molecule has 4 aliphatic rings. The monoisotopic (exact) mass is 1350 g/mol. The van der Waals surface area contributed by atoms with Gasteiger partial charge in [0.15, 0.2) is 86.1 Å². The SMILES string of the molecule is CC(=O)OC[C@H]1O[C@@H](NC(=O)CCC(=O)N[C@@H]2O[C@H](COC(C)=O)[C@@H](O[C@@H]3O[C@H](COC(C)=O)[C@@H](OC(C)=O)[C@H](OC(C)=O)[C@H]3OC(C)=O)[C@H](OC(C)=O)[C@H]2OC(C)=O)[C@H](OC(C)=O)[C@@H](OC(C)=O)[C@@H]1O[C@@H]1O[C@H](COC(C)=O)[C@@H](OC(C)=O)[C@H](OC(C)=O)[C@H]1OC(C)=O. The zero-order valence-electron chi connectivity index (χ0n) is 53.5. The Morgan fingerprint density at radius 1 is 0.245 bits per heavy atom. The molecule has 0 bridgehead atoms. The van der Waals surface area contributed by atoms with Gasteiger partial charge in [0, 0.05) is 110 Å². The first-order valence-corrected chi connectivity index (χ1v) is 28.7. The predicted molar refractivity (Wildman–Crippen MR) is 292 cm³/mol. The van der Waals surface area contributed by atoms with Gasteiger partial charge in [0.05, 0.1) is 0 Å². The molecule has 2 N–H and O–H groups in total. The lowest BCUT2D eigenvalue weighted by Crippen LogP contribution is -2.69. The van der Waals surface area contributed by atoms with Gasteiger partial charge in [-0.1, -0.05) is 0 Å². The third kappa shape index (κ3) is 24.3. The summed E-state index contributed by atoms with van der Waals surface area (Å²) in [6, 6.07) is 0. The van der Waals surface area contributed by atoms with E-state index >= 15 is 0 Å². The molecule has 38 nitrogen and oxygen atoms in total. The molecule has 0 aromatic carbocycles. The van der Waals surface area contributed by atoms with Gasteiger partial charge in [0.25, 0.3) is 0 Å². The molecule has 2 amide bonds. The molecule has 38 heteroatoms. The lowest BCUT2D eigenvalue weighted by atomic mass is 9.95. The van der Waals surface area contributed by atoms with Crippen LogP contribution in [0.15, 0.2) is 0 Å². The Labute approximate surface area is 535 Å². The van der Waals surface area contributed by atoms with Gasteiger partial charge in [-0.3, -0.25) is 76.7 Å². The van der Waals surface area contributed by atoms with Crippen LogP contribution in [0.5, 0.6) is 0 Å². The first-order valence-electron chi connectivity index (χ1n) is 28.7. The average molecular weight is 1350 g/mol. The Balaban J connectivity index is 1.74. The number of esters is 14. The maximum absolute atomic E-state index is 14.1. The van der Waals surface area contributed by atoms with Crippen molar-refractivity contribution >= 4 is 95.4 Å². The van der Waals surface area contributed by atoms with E-state index in [0.717, 1.165) is 96.9 Å². The van der Waals surface area contributed by atoms with Crippen LogP contribution in [0.25, 0.3) is 0 Å². The lowest BCUT2D eigenvalue weighted by Gasteiger charge is -2.49. The topological polar surface area (TPSA) is 482 Å². The van der Waals surface area contributed by atoms with E-state index in [1.54, 1.807) is 0 Å². The van der Waals surface area contributed by atoms with Crippen LogP contribution in [0.2, 0.25) is 0 Å². The van der Waals surface area contributed by atoms with Gasteiger partial charge < -0.3 is 105 Å². The first-order chi connectivity index (χ1) is 43.9. The van der Waals surface area contributed by atoms with E-state index in [0.29, 0.717) is 0 Å². The van der Waals surface area contributed by atoms with Crippen molar-refractivity contribution in [2.75, 3.05) is 26.4 Å². The number of carbonyl (C=O) groups is 16. The number of hydrogen-bond donors (Lipinski definition) is 2. The molecule has 0 radical (unpaired) electrons. The molecule has 4 aliphatic heterocycles. The largest absolute Gasteiger partial charge is 0.463 e. The van der Waals surface area contributed by atoms with Crippen molar-refractivity contribution in [2.24, 2.45) is 0 Å². The molecule has 0 aliphatic carbocycles. The van der Waals surface area contributed by atoms with Crippen molar-refractivity contribution in [2.45, 2.75) is 232 Å². The zero-order valence-corrected chi connectivity index (χ0v) is 53.5. The Morgan fingerprint density at radius 2 is 0.447 bits per heavy atom. The third-order valence-corrected chi connectivity index (χ3v) is 13.0. The molecule has 4 heterocycles. The Kier molecular flexibility index (Phi) is 29.8. The second kappa shape index (κ2) is 36.1. The van der Waals surface area contributed by atoms with Gasteiger partial charge in [-0.05, 0) is 0 Å². The molecule has 94 heavy (non-hydrogen) atoms. The average Bonchev–Trinajstić information content (AvgIpc) is 0.778. The van der Waals surface area contributed by atoms with E-state index in [1.807, 2.05) is 0 Å². The minimum absolute atomic E-state index is 0.726. The van der Waals surface area contributed by atoms with E-state index in [1.165, 1.54) is 0 Å². The second-order valence-corrected chi connectivity index (χ2v) is 21.1. The van der Waals surface area contributed by atoms with E-state index < -0.39 is 257 Å². The minimum atomic E-state index is -2.04. The maximum atomic E-state index is 14.1. The van der Waals surface area contributed by atoms with Crippen LogP contribution < -0.4 is 10.6 Å². The number of amides is 2. The molecule has 20 atom stereocenters. The molecule has 0 aromatic rings. The summed E-state index contributed by atoms with van der Waals surface area (Å²) in [7, 11) is 0. The fourth-order valence-electron chi connectivity index (χ4n) is 9.95. The molecule has 0 unspecified atom stereocenters. The van der Waals surface area contributed by atoms with Crippen molar-refractivity contribution in [3.05, 3.63) is 0 Å². The van der Waals surface area contributed by atoms with Gasteiger partial charge in [-0.15, -0.1) is 0 Å². The highest BCUT2D eigenvalue weighted by molar-refractivity contribution is 5.84. The Hall–Kier alpha value is -8.72. The van der Waals surface area contributed by atoms with Gasteiger partial charge in [-0.2, -0.15) is 0 Å². The molecule has 4 fully saturated rings. The summed E-state index contributed by atoms with van der Waals surface area (Å²) < 4.78 is 113. The summed E-state index contributed by atoms with van der Waals surface area (Å²) in [5, 5.41) is 4.79. The van der Waals surface area contributed by atoms with E-state index in [4.69, 9.17) is 94.7 Å². The van der Waals surface area contributed by atoms with Crippen LogP contribution in [-0.4, -0.2) is 245 Å². The summed E-state index contributed by atoms with van der Waals surface area (Å²) in [6.45, 7) is 10.2. The van der Waals surface area contributed by atoms with Gasteiger partial charge in [0.1, 0.15) is 63.1 Å². The van der Waals surface area contributed by atoms with Crippen LogP contribution in [0.1, 0.15) is 110 Å². The van der Waals surface area contributed by atoms with Crippen molar-refractivity contribution < 1.29 is 171 Å². The summed E-state index contributed by atoms with van der Waals surface area (Å²) in [5.41, 5.74) is 0. The van der Waals surface area contributed by atoms with Crippen LogP contribution in [0, 0.1) is 0 Å². The van der Waals surface area contributed by atoms with E-state index in [2.05, 4.69) is 10.6 Å². The second-order valence-electron chi connectivity index (χ2n) is 21.1. The summed E-state index contributed by atoms with van der Waals surface area (Å²) in [4.78, 5) is 204. The van der Waals surface area contributed by atoms with Crippen LogP contribution in [0.3, 0.4) is 0 Å². The first kappa shape index (κ1) is 77.7. The predicted octanol–water partition coefficient (Wildman–Crippen LogP) is -2.76. The standard InChI is InChI=1S/C56H76N2O36/c1-21(59)75-17-35-43(93-55-51(87-33(13)71)47(83-29(9)67)41(79-25(5)63)37(91-55)19-77-23(3)61)45(81-27(7)65)49(85-31(11)69)53(89-35)57-39(73)15-16-40(74)58-54-50(86-32(12)70)46(82-28(8)66)44(36(90-54)18-76-22(2)60)94-56-52(88-34(14)72)48(84-30(10)68)42(80-26(6)64)38(92-56)20-78-24(4)62/h35-38,41-56H,15-20H2,1-14H3,(H,57,73)(H,58,74)/t35-,36-,37-,38-,41-,42-,43-,44-,45+,46+,47+,48+,49-,50-,51-,52-,53-,54-,55+,56+/m1/s1. The number of rotatable bonds is 27. The fraction of sp³-hybridized carbons (Fsp3) is 0.714.